The topological polar surface area (TPSA) is 94.9 Å². The van der Waals surface area contributed by atoms with E-state index in [0.29, 0.717) is 18.8 Å². The number of nitrogens with zero attached hydrogens (tertiary/aromatic N) is 4. The summed E-state index contributed by atoms with van der Waals surface area (Å²) in [7, 11) is 0. The van der Waals surface area contributed by atoms with E-state index in [0.717, 1.165) is 23.7 Å². The van der Waals surface area contributed by atoms with Gasteiger partial charge in [-0.15, -0.1) is 0 Å². The number of aromatic amines is 1. The molecule has 1 fully saturated rings. The van der Waals surface area contributed by atoms with E-state index in [1.165, 1.54) is 12.4 Å². The lowest BCUT2D eigenvalue weighted by Crippen LogP contribution is -2.44. The van der Waals surface area contributed by atoms with Crippen LogP contribution in [0.4, 0.5) is 0 Å². The van der Waals surface area contributed by atoms with Gasteiger partial charge in [0.1, 0.15) is 17.9 Å². The first kappa shape index (κ1) is 16.1. The molecule has 0 unspecified atom stereocenters. The highest BCUT2D eigenvalue weighted by Crippen LogP contribution is 2.21. The monoisotopic (exact) mass is 347 g/mol. The average Bonchev–Trinajstić information content (AvgIpc) is 3.12. The molecule has 1 N–H and O–H groups in total. The number of benzene rings is 1. The number of nitrogens with one attached hydrogen (secondary N) is 1. The van der Waals surface area contributed by atoms with Gasteiger partial charge in [0.15, 0.2) is 0 Å². The van der Waals surface area contributed by atoms with Crippen molar-refractivity contribution in [1.29, 1.82) is 5.26 Å². The van der Waals surface area contributed by atoms with Crippen LogP contribution in [0.2, 0.25) is 0 Å². The molecule has 3 aromatic rings. The van der Waals surface area contributed by atoms with Crippen molar-refractivity contribution in [2.24, 2.45) is 0 Å². The van der Waals surface area contributed by atoms with E-state index in [1.54, 1.807) is 4.90 Å². The van der Waals surface area contributed by atoms with Crippen molar-refractivity contribution in [3.05, 3.63) is 54.1 Å². The molecule has 1 amide bonds. The number of amides is 1. The van der Waals surface area contributed by atoms with Gasteiger partial charge >= 0.3 is 0 Å². The van der Waals surface area contributed by atoms with E-state index < -0.39 is 0 Å². The Morgan fingerprint density at radius 1 is 1.31 bits per heavy atom. The summed E-state index contributed by atoms with van der Waals surface area (Å²) in [6.45, 7) is 1.13. The molecule has 1 saturated heterocycles. The van der Waals surface area contributed by atoms with Gasteiger partial charge in [-0.1, -0.05) is 18.2 Å². The van der Waals surface area contributed by atoms with Gasteiger partial charge in [-0.25, -0.2) is 9.97 Å². The van der Waals surface area contributed by atoms with Gasteiger partial charge in [-0.05, 0) is 25.0 Å². The van der Waals surface area contributed by atoms with Crippen LogP contribution >= 0.6 is 0 Å². The Bertz CT molecular complexity index is 958. The second-order valence-corrected chi connectivity index (χ2v) is 6.23. The summed E-state index contributed by atoms with van der Waals surface area (Å²) in [5.41, 5.74) is 1.68. The van der Waals surface area contributed by atoms with Crippen molar-refractivity contribution in [2.45, 2.75) is 18.9 Å². The fraction of sp³-hybridized carbons (Fsp3) is 0.263. The highest BCUT2D eigenvalue weighted by atomic mass is 16.5. The second kappa shape index (κ2) is 6.84. The summed E-state index contributed by atoms with van der Waals surface area (Å²) >= 11 is 0. The first-order valence-electron chi connectivity index (χ1n) is 8.49. The number of aromatic nitrogens is 3. The predicted molar refractivity (Wildman–Crippen MR) is 94.6 cm³/mol. The summed E-state index contributed by atoms with van der Waals surface area (Å²) in [4.78, 5) is 25.8. The molecule has 0 radical (unpaired) electrons. The number of carbonyl (C=O) groups is 1. The van der Waals surface area contributed by atoms with Crippen molar-refractivity contribution in [2.75, 3.05) is 13.1 Å². The zero-order valence-corrected chi connectivity index (χ0v) is 14.1. The predicted octanol–water partition coefficient (Wildman–Crippen LogP) is 2.51. The number of piperidine rings is 1. The smallest absolute Gasteiger partial charge is 0.270 e. The molecule has 7 nitrogen and oxygen atoms in total. The van der Waals surface area contributed by atoms with Crippen LogP contribution < -0.4 is 4.74 Å². The molecule has 1 aliphatic rings. The van der Waals surface area contributed by atoms with E-state index in [2.05, 4.69) is 15.0 Å². The van der Waals surface area contributed by atoms with Crippen LogP contribution in [0.3, 0.4) is 0 Å². The number of rotatable bonds is 3. The SMILES string of the molecule is N#Cc1nccnc1O[C@H]1CCCN(C(=O)c2cc3ccccc3[nH]2)C1. The maximum Gasteiger partial charge on any atom is 0.270 e. The molecule has 1 aliphatic heterocycles. The first-order valence-corrected chi connectivity index (χ1v) is 8.49. The molecule has 2 aromatic heterocycles. The van der Waals surface area contributed by atoms with Gasteiger partial charge in [-0.3, -0.25) is 4.79 Å². The number of nitriles is 1. The standard InChI is InChI=1S/C19H17N5O2/c20-11-17-18(22-8-7-21-17)26-14-5-3-9-24(12-14)19(25)16-10-13-4-1-2-6-15(13)23-16/h1-2,4,6-8,10,14,23H,3,5,9,12H2/t14-/m0/s1. The van der Waals surface area contributed by atoms with Gasteiger partial charge in [0.25, 0.3) is 11.8 Å². The summed E-state index contributed by atoms with van der Waals surface area (Å²) in [5, 5.41) is 10.1. The number of fused-ring (bicyclic) bond motifs is 1. The molecule has 0 aliphatic carbocycles. The van der Waals surface area contributed by atoms with E-state index in [4.69, 9.17) is 10.00 Å². The minimum atomic E-state index is -0.208. The highest BCUT2D eigenvalue weighted by molar-refractivity contribution is 5.98. The van der Waals surface area contributed by atoms with Gasteiger partial charge in [-0.2, -0.15) is 5.26 Å². The Hall–Kier alpha value is -3.40. The molecular weight excluding hydrogens is 330 g/mol. The van der Waals surface area contributed by atoms with E-state index in [9.17, 15) is 4.79 Å². The van der Waals surface area contributed by atoms with Crippen molar-refractivity contribution < 1.29 is 9.53 Å². The molecule has 26 heavy (non-hydrogen) atoms. The first-order chi connectivity index (χ1) is 12.7. The Morgan fingerprint density at radius 2 is 2.15 bits per heavy atom. The normalized spacial score (nSPS) is 17.0. The Labute approximate surface area is 150 Å². The lowest BCUT2D eigenvalue weighted by Gasteiger charge is -2.32. The molecule has 7 heteroatoms. The Balaban J connectivity index is 1.49. The minimum absolute atomic E-state index is 0.0471. The molecule has 4 rings (SSSR count). The van der Waals surface area contributed by atoms with Crippen molar-refractivity contribution in [3.8, 4) is 11.9 Å². The molecule has 0 spiro atoms. The third-order valence-corrected chi connectivity index (χ3v) is 4.47. The van der Waals surface area contributed by atoms with Gasteiger partial charge in [0.2, 0.25) is 5.69 Å². The van der Waals surface area contributed by atoms with E-state index >= 15 is 0 Å². The summed E-state index contributed by atoms with van der Waals surface area (Å²) in [6, 6.07) is 11.7. The van der Waals surface area contributed by atoms with Crippen LogP contribution in [0.1, 0.15) is 29.0 Å². The number of ether oxygens (including phenoxy) is 1. The zero-order valence-electron chi connectivity index (χ0n) is 14.1. The lowest BCUT2D eigenvalue weighted by atomic mass is 10.1. The zero-order chi connectivity index (χ0) is 17.9. The van der Waals surface area contributed by atoms with Crippen LogP contribution in [-0.2, 0) is 0 Å². The molecule has 130 valence electrons. The van der Waals surface area contributed by atoms with Crippen LogP contribution in [0, 0.1) is 11.3 Å². The highest BCUT2D eigenvalue weighted by Gasteiger charge is 2.27. The molecular formula is C19H17N5O2. The second-order valence-electron chi connectivity index (χ2n) is 6.23. The quantitative estimate of drug-likeness (QED) is 0.785. The number of likely N-dealkylation sites (tertiary alicyclic amines) is 1. The van der Waals surface area contributed by atoms with Crippen LogP contribution in [0.15, 0.2) is 42.7 Å². The lowest BCUT2D eigenvalue weighted by molar-refractivity contribution is 0.0522. The number of hydrogen-bond acceptors (Lipinski definition) is 5. The molecule has 0 saturated carbocycles. The summed E-state index contributed by atoms with van der Waals surface area (Å²) < 4.78 is 5.85. The number of carbonyl (C=O) groups excluding carboxylic acids is 1. The number of H-pyrrole nitrogens is 1. The molecule has 0 bridgehead atoms. The van der Waals surface area contributed by atoms with Crippen molar-refractivity contribution >= 4 is 16.8 Å². The van der Waals surface area contributed by atoms with Crippen molar-refractivity contribution in [3.63, 3.8) is 0 Å². The maximum atomic E-state index is 12.8. The number of hydrogen-bond donors (Lipinski definition) is 1. The minimum Gasteiger partial charge on any atom is -0.470 e. The molecule has 1 aromatic carbocycles. The van der Waals surface area contributed by atoms with E-state index in [1.807, 2.05) is 36.4 Å². The van der Waals surface area contributed by atoms with Crippen molar-refractivity contribution in [1.82, 2.24) is 19.9 Å². The molecule has 1 atom stereocenters. The fourth-order valence-corrected chi connectivity index (χ4v) is 3.22. The van der Waals surface area contributed by atoms with Gasteiger partial charge in [0.05, 0.1) is 6.54 Å². The summed E-state index contributed by atoms with van der Waals surface area (Å²) in [5.74, 6) is 0.175. The Kier molecular flexibility index (Phi) is 4.23. The van der Waals surface area contributed by atoms with E-state index in [-0.39, 0.29) is 23.6 Å². The third-order valence-electron chi connectivity index (χ3n) is 4.47. The maximum absolute atomic E-state index is 12.8. The largest absolute Gasteiger partial charge is 0.470 e. The van der Waals surface area contributed by atoms with Crippen LogP contribution in [0.5, 0.6) is 5.88 Å². The van der Waals surface area contributed by atoms with Crippen LogP contribution in [-0.4, -0.2) is 45.0 Å². The summed E-state index contributed by atoms with van der Waals surface area (Å²) in [6.07, 6.45) is 4.38. The molecule has 3 heterocycles. The van der Waals surface area contributed by atoms with Gasteiger partial charge < -0.3 is 14.6 Å². The Morgan fingerprint density at radius 3 is 3.00 bits per heavy atom. The fourth-order valence-electron chi connectivity index (χ4n) is 3.22. The third kappa shape index (κ3) is 3.09. The number of para-hydroxylation sites is 1. The van der Waals surface area contributed by atoms with Gasteiger partial charge in [0, 0.05) is 29.8 Å². The average molecular weight is 347 g/mol. The van der Waals surface area contributed by atoms with Crippen LogP contribution in [0.25, 0.3) is 10.9 Å².